The van der Waals surface area contributed by atoms with Crippen LogP contribution in [0.25, 0.3) is 0 Å². The molecule has 0 spiro atoms. The summed E-state index contributed by atoms with van der Waals surface area (Å²) < 4.78 is 11.4. The molecule has 0 aromatic rings. The molecule has 0 aromatic carbocycles. The van der Waals surface area contributed by atoms with Gasteiger partial charge in [-0.15, -0.1) is 0 Å². The van der Waals surface area contributed by atoms with Crippen LogP contribution in [-0.2, 0) is 9.47 Å². The van der Waals surface area contributed by atoms with Crippen LogP contribution in [-0.4, -0.2) is 32.5 Å². The highest BCUT2D eigenvalue weighted by Crippen LogP contribution is 2.30. The maximum atomic E-state index is 5.86. The average Bonchev–Trinajstić information content (AvgIpc) is 2.30. The molecule has 2 rings (SSSR count). The number of hydrogen-bond donors (Lipinski definition) is 1. The predicted molar refractivity (Wildman–Crippen MR) is 55.1 cm³/mol. The van der Waals surface area contributed by atoms with E-state index in [2.05, 4.69) is 0 Å². The molecule has 2 aliphatic heterocycles. The van der Waals surface area contributed by atoms with E-state index in [1.54, 1.807) is 0 Å². The van der Waals surface area contributed by atoms with E-state index in [4.69, 9.17) is 15.2 Å². The van der Waals surface area contributed by atoms with E-state index in [0.717, 1.165) is 26.4 Å². The van der Waals surface area contributed by atoms with E-state index < -0.39 is 0 Å². The quantitative estimate of drug-likeness (QED) is 0.726. The Kier molecular flexibility index (Phi) is 3.79. The summed E-state index contributed by atoms with van der Waals surface area (Å²) in [6.07, 6.45) is 5.21. The summed E-state index contributed by atoms with van der Waals surface area (Å²) in [6, 6.07) is 0. The van der Waals surface area contributed by atoms with E-state index in [0.29, 0.717) is 17.9 Å². The minimum absolute atomic E-state index is 0.369. The molecule has 0 bridgehead atoms. The van der Waals surface area contributed by atoms with Crippen molar-refractivity contribution in [3.8, 4) is 0 Å². The van der Waals surface area contributed by atoms with Crippen LogP contribution in [0, 0.1) is 11.8 Å². The molecule has 2 heterocycles. The minimum atomic E-state index is 0.369. The van der Waals surface area contributed by atoms with Crippen LogP contribution >= 0.6 is 0 Å². The lowest BCUT2D eigenvalue weighted by Crippen LogP contribution is -2.42. The average molecular weight is 199 g/mol. The first-order chi connectivity index (χ1) is 6.92. The van der Waals surface area contributed by atoms with Crippen LogP contribution in [0.1, 0.15) is 25.7 Å². The van der Waals surface area contributed by atoms with Gasteiger partial charge in [0.25, 0.3) is 0 Å². The van der Waals surface area contributed by atoms with Gasteiger partial charge in [-0.2, -0.15) is 0 Å². The van der Waals surface area contributed by atoms with E-state index in [-0.39, 0.29) is 0 Å². The van der Waals surface area contributed by atoms with Crippen LogP contribution < -0.4 is 5.73 Å². The maximum Gasteiger partial charge on any atom is 0.0665 e. The predicted octanol–water partition coefficient (Wildman–Crippen LogP) is 1.17. The third-order valence-electron chi connectivity index (χ3n) is 3.46. The zero-order chi connectivity index (χ0) is 9.80. The van der Waals surface area contributed by atoms with Crippen molar-refractivity contribution in [1.82, 2.24) is 0 Å². The normalized spacial score (nSPS) is 39.6. The monoisotopic (exact) mass is 199 g/mol. The summed E-state index contributed by atoms with van der Waals surface area (Å²) in [5, 5.41) is 0. The number of ether oxygens (including phenoxy) is 2. The van der Waals surface area contributed by atoms with Gasteiger partial charge in [0.05, 0.1) is 12.7 Å². The van der Waals surface area contributed by atoms with Crippen molar-refractivity contribution in [2.24, 2.45) is 17.6 Å². The lowest BCUT2D eigenvalue weighted by molar-refractivity contribution is -0.0936. The van der Waals surface area contributed by atoms with Gasteiger partial charge >= 0.3 is 0 Å². The van der Waals surface area contributed by atoms with Gasteiger partial charge in [0.2, 0.25) is 0 Å². The second-order valence-corrected chi connectivity index (χ2v) is 4.45. The van der Waals surface area contributed by atoms with Crippen molar-refractivity contribution in [2.45, 2.75) is 31.8 Å². The van der Waals surface area contributed by atoms with Crippen LogP contribution in [0.3, 0.4) is 0 Å². The summed E-state index contributed by atoms with van der Waals surface area (Å²) >= 11 is 0. The van der Waals surface area contributed by atoms with Crippen molar-refractivity contribution >= 4 is 0 Å². The van der Waals surface area contributed by atoms with Crippen molar-refractivity contribution in [3.05, 3.63) is 0 Å². The molecule has 2 aliphatic rings. The molecule has 0 saturated carbocycles. The summed E-state index contributed by atoms with van der Waals surface area (Å²) in [5.74, 6) is 1.16. The lowest BCUT2D eigenvalue weighted by atomic mass is 9.83. The molecule has 0 aliphatic carbocycles. The van der Waals surface area contributed by atoms with Crippen LogP contribution in [0.2, 0.25) is 0 Å². The Hall–Kier alpha value is -0.120. The Labute approximate surface area is 85.9 Å². The van der Waals surface area contributed by atoms with Gasteiger partial charge in [0.15, 0.2) is 0 Å². The maximum absolute atomic E-state index is 5.86. The van der Waals surface area contributed by atoms with Gasteiger partial charge in [-0.3, -0.25) is 0 Å². The fourth-order valence-corrected chi connectivity index (χ4v) is 2.66. The highest BCUT2D eigenvalue weighted by Gasteiger charge is 2.33. The van der Waals surface area contributed by atoms with Gasteiger partial charge in [-0.05, 0) is 38.1 Å². The van der Waals surface area contributed by atoms with Crippen LogP contribution in [0.4, 0.5) is 0 Å². The fraction of sp³-hybridized carbons (Fsp3) is 1.00. The number of nitrogens with two attached hydrogens (primary N) is 1. The Bertz CT molecular complexity index is 169. The van der Waals surface area contributed by atoms with E-state index >= 15 is 0 Å². The summed E-state index contributed by atoms with van der Waals surface area (Å²) in [4.78, 5) is 0. The van der Waals surface area contributed by atoms with E-state index in [1.165, 1.54) is 25.7 Å². The lowest BCUT2D eigenvalue weighted by Gasteiger charge is -2.38. The van der Waals surface area contributed by atoms with Crippen LogP contribution in [0.5, 0.6) is 0 Å². The summed E-state index contributed by atoms with van der Waals surface area (Å²) in [5.41, 5.74) is 5.78. The Balaban J connectivity index is 1.91. The molecule has 0 amide bonds. The van der Waals surface area contributed by atoms with Gasteiger partial charge in [0.1, 0.15) is 0 Å². The Morgan fingerprint density at radius 3 is 2.71 bits per heavy atom. The molecule has 0 aromatic heterocycles. The van der Waals surface area contributed by atoms with E-state index in [1.807, 2.05) is 0 Å². The highest BCUT2D eigenvalue weighted by atomic mass is 16.5. The minimum Gasteiger partial charge on any atom is -0.381 e. The standard InChI is InChI=1S/C11H21NO2/c12-7-9-3-2-6-14-11(9)10-4-1-5-13-8-10/h9-11H,1-8,12H2. The fourth-order valence-electron chi connectivity index (χ4n) is 2.66. The molecule has 2 saturated heterocycles. The summed E-state index contributed by atoms with van der Waals surface area (Å²) in [6.45, 7) is 3.48. The van der Waals surface area contributed by atoms with Crippen molar-refractivity contribution in [1.29, 1.82) is 0 Å². The number of hydrogen-bond acceptors (Lipinski definition) is 3. The number of rotatable bonds is 2. The second kappa shape index (κ2) is 5.10. The van der Waals surface area contributed by atoms with Crippen molar-refractivity contribution in [2.75, 3.05) is 26.4 Å². The molecular formula is C11H21NO2. The second-order valence-electron chi connectivity index (χ2n) is 4.45. The molecule has 3 atom stereocenters. The van der Waals surface area contributed by atoms with Crippen molar-refractivity contribution < 1.29 is 9.47 Å². The largest absolute Gasteiger partial charge is 0.381 e. The first-order valence-electron chi connectivity index (χ1n) is 5.81. The smallest absolute Gasteiger partial charge is 0.0665 e. The summed E-state index contributed by atoms with van der Waals surface area (Å²) in [7, 11) is 0. The Morgan fingerprint density at radius 1 is 1.14 bits per heavy atom. The molecule has 3 heteroatoms. The van der Waals surface area contributed by atoms with E-state index in [9.17, 15) is 0 Å². The topological polar surface area (TPSA) is 44.5 Å². The van der Waals surface area contributed by atoms with Gasteiger partial charge in [-0.25, -0.2) is 0 Å². The van der Waals surface area contributed by atoms with Gasteiger partial charge < -0.3 is 15.2 Å². The first-order valence-corrected chi connectivity index (χ1v) is 5.81. The van der Waals surface area contributed by atoms with Gasteiger partial charge in [-0.1, -0.05) is 0 Å². The molecule has 2 fully saturated rings. The molecule has 3 nitrogen and oxygen atoms in total. The van der Waals surface area contributed by atoms with Crippen molar-refractivity contribution in [3.63, 3.8) is 0 Å². The Morgan fingerprint density at radius 2 is 2.00 bits per heavy atom. The molecule has 3 unspecified atom stereocenters. The zero-order valence-electron chi connectivity index (χ0n) is 8.78. The highest BCUT2D eigenvalue weighted by molar-refractivity contribution is 4.82. The first kappa shape index (κ1) is 10.4. The third kappa shape index (κ3) is 2.27. The SMILES string of the molecule is NCC1CCCOC1C1CCCOC1. The van der Waals surface area contributed by atoms with Crippen LogP contribution in [0.15, 0.2) is 0 Å². The third-order valence-corrected chi connectivity index (χ3v) is 3.46. The van der Waals surface area contributed by atoms with Gasteiger partial charge in [0, 0.05) is 19.1 Å². The molecule has 82 valence electrons. The zero-order valence-corrected chi connectivity index (χ0v) is 8.78. The molecular weight excluding hydrogens is 178 g/mol. The molecule has 0 radical (unpaired) electrons. The molecule has 2 N–H and O–H groups in total. The molecule has 14 heavy (non-hydrogen) atoms.